The minimum Gasteiger partial charge on any atom is -0.344 e. The van der Waals surface area contributed by atoms with Gasteiger partial charge in [-0.05, 0) is 30.5 Å². The summed E-state index contributed by atoms with van der Waals surface area (Å²) >= 11 is 5.87. The van der Waals surface area contributed by atoms with Crippen LogP contribution in [0, 0.1) is 0 Å². The van der Waals surface area contributed by atoms with E-state index in [1.165, 1.54) is 12.8 Å². The van der Waals surface area contributed by atoms with E-state index in [0.29, 0.717) is 5.69 Å². The first-order valence-corrected chi connectivity index (χ1v) is 6.89. The maximum absolute atomic E-state index is 12.3. The molecule has 98 valence electrons. The lowest BCUT2D eigenvalue weighted by atomic mass is 9.95. The normalized spacial score (nSPS) is 20.8. The summed E-state index contributed by atoms with van der Waals surface area (Å²) < 4.78 is 1.99. The van der Waals surface area contributed by atoms with Crippen LogP contribution in [0.4, 0.5) is 0 Å². The summed E-state index contributed by atoms with van der Waals surface area (Å²) in [6.45, 7) is 0.783. The van der Waals surface area contributed by atoms with Crippen molar-refractivity contribution in [1.29, 1.82) is 0 Å². The third-order valence-electron chi connectivity index (χ3n) is 4.24. The van der Waals surface area contributed by atoms with E-state index in [9.17, 15) is 4.79 Å². The Balaban J connectivity index is 1.92. The molecule has 0 atom stereocenters. The zero-order valence-electron chi connectivity index (χ0n) is 10.3. The highest BCUT2D eigenvalue weighted by Gasteiger charge is 2.41. The van der Waals surface area contributed by atoms with E-state index in [4.69, 9.17) is 11.6 Å². The van der Waals surface area contributed by atoms with Crippen LogP contribution in [0.3, 0.4) is 0 Å². The predicted molar refractivity (Wildman–Crippen MR) is 71.2 cm³/mol. The minimum absolute atomic E-state index is 0.0118. The van der Waals surface area contributed by atoms with Crippen LogP contribution in [-0.2, 0) is 6.54 Å². The van der Waals surface area contributed by atoms with Gasteiger partial charge in [-0.1, -0.05) is 12.8 Å². The molecule has 19 heavy (non-hydrogen) atoms. The number of hydrogen-bond donors (Lipinski definition) is 1. The van der Waals surface area contributed by atoms with Gasteiger partial charge in [-0.2, -0.15) is 4.98 Å². The average molecular weight is 277 g/mol. The molecule has 0 saturated heterocycles. The highest BCUT2D eigenvalue weighted by atomic mass is 35.5. The first-order valence-electron chi connectivity index (χ1n) is 6.51. The molecule has 1 spiro atoms. The van der Waals surface area contributed by atoms with Gasteiger partial charge in [0.25, 0.3) is 5.91 Å². The second-order valence-electron chi connectivity index (χ2n) is 5.48. The van der Waals surface area contributed by atoms with Crippen molar-refractivity contribution >= 4 is 28.5 Å². The number of nitrogens with zero attached hydrogens (tertiary/aromatic N) is 3. The molecule has 4 rings (SSSR count). The Hall–Kier alpha value is -1.62. The third kappa shape index (κ3) is 1.57. The lowest BCUT2D eigenvalue weighted by molar-refractivity contribution is 0.0842. The molecule has 3 heterocycles. The van der Waals surface area contributed by atoms with Crippen molar-refractivity contribution in [3.63, 3.8) is 0 Å². The van der Waals surface area contributed by atoms with Gasteiger partial charge in [-0.25, -0.2) is 4.98 Å². The van der Waals surface area contributed by atoms with E-state index in [2.05, 4.69) is 15.3 Å². The largest absolute Gasteiger partial charge is 0.344 e. The third-order valence-corrected chi connectivity index (χ3v) is 4.42. The van der Waals surface area contributed by atoms with Crippen molar-refractivity contribution in [2.24, 2.45) is 0 Å². The van der Waals surface area contributed by atoms with E-state index in [-0.39, 0.29) is 16.7 Å². The van der Waals surface area contributed by atoms with Crippen molar-refractivity contribution in [2.45, 2.75) is 37.8 Å². The van der Waals surface area contributed by atoms with Gasteiger partial charge in [-0.15, -0.1) is 0 Å². The number of carbonyl (C=O) groups excluding carboxylic acids is 1. The van der Waals surface area contributed by atoms with Crippen molar-refractivity contribution in [2.75, 3.05) is 0 Å². The summed E-state index contributed by atoms with van der Waals surface area (Å²) in [5, 5.41) is 4.27. The Morgan fingerprint density at radius 3 is 2.95 bits per heavy atom. The molecule has 1 amide bonds. The Morgan fingerprint density at radius 1 is 1.37 bits per heavy atom. The fourth-order valence-electron chi connectivity index (χ4n) is 3.35. The Bertz CT molecular complexity index is 687. The number of hydrogen-bond acceptors (Lipinski definition) is 3. The lowest BCUT2D eigenvalue weighted by Crippen LogP contribution is -2.53. The summed E-state index contributed by atoms with van der Waals surface area (Å²) in [7, 11) is 0. The van der Waals surface area contributed by atoms with Crippen molar-refractivity contribution in [3.8, 4) is 0 Å². The number of amides is 1. The van der Waals surface area contributed by atoms with Gasteiger partial charge in [-0.3, -0.25) is 4.79 Å². The molecule has 6 heteroatoms. The maximum atomic E-state index is 12.3. The first-order chi connectivity index (χ1) is 9.17. The quantitative estimate of drug-likeness (QED) is 0.750. The topological polar surface area (TPSA) is 59.8 Å². The highest BCUT2D eigenvalue weighted by molar-refractivity contribution is 6.28. The molecule has 2 aromatic heterocycles. The molecule has 1 saturated carbocycles. The van der Waals surface area contributed by atoms with Gasteiger partial charge in [0.1, 0.15) is 11.3 Å². The van der Waals surface area contributed by atoms with Gasteiger partial charge >= 0.3 is 0 Å². The molecule has 2 aromatic rings. The smallest absolute Gasteiger partial charge is 0.268 e. The molecular formula is C13H13ClN4O. The molecule has 0 radical (unpaired) electrons. The zero-order chi connectivity index (χ0) is 13.0. The fourth-order valence-corrected chi connectivity index (χ4v) is 3.48. The second-order valence-corrected chi connectivity index (χ2v) is 5.81. The molecule has 5 nitrogen and oxygen atoms in total. The van der Waals surface area contributed by atoms with Gasteiger partial charge in [0.15, 0.2) is 0 Å². The van der Waals surface area contributed by atoms with Crippen molar-refractivity contribution in [1.82, 2.24) is 19.9 Å². The molecule has 1 N–H and O–H groups in total. The maximum Gasteiger partial charge on any atom is 0.268 e. The SMILES string of the molecule is O=C1NC2(CCCC2)Cn2c1cc1cnc(Cl)nc12. The molecule has 0 aromatic carbocycles. The lowest BCUT2D eigenvalue weighted by Gasteiger charge is -2.35. The number of carbonyl (C=O) groups is 1. The van der Waals surface area contributed by atoms with E-state index >= 15 is 0 Å². The number of halogens is 1. The number of fused-ring (bicyclic) bond motifs is 3. The Morgan fingerprint density at radius 2 is 2.16 bits per heavy atom. The predicted octanol–water partition coefficient (Wildman–Crippen LogP) is 2.14. The van der Waals surface area contributed by atoms with E-state index in [1.807, 2.05) is 10.6 Å². The standard InChI is InChI=1S/C13H13ClN4O/c14-12-15-6-8-5-9-11(19)17-13(3-1-2-4-13)7-18(9)10(8)16-12/h5-6H,1-4,7H2,(H,17,19). The van der Waals surface area contributed by atoms with Gasteiger partial charge in [0.05, 0.1) is 5.54 Å². The van der Waals surface area contributed by atoms with Gasteiger partial charge in [0.2, 0.25) is 5.28 Å². The summed E-state index contributed by atoms with van der Waals surface area (Å²) in [4.78, 5) is 20.5. The van der Waals surface area contributed by atoms with E-state index in [1.54, 1.807) is 6.20 Å². The average Bonchev–Trinajstić information content (AvgIpc) is 2.96. The zero-order valence-corrected chi connectivity index (χ0v) is 11.1. The molecule has 2 aliphatic rings. The Labute approximate surface area is 115 Å². The van der Waals surface area contributed by atoms with Crippen molar-refractivity contribution < 1.29 is 4.79 Å². The fraction of sp³-hybridized carbons (Fsp3) is 0.462. The number of aromatic nitrogens is 3. The second kappa shape index (κ2) is 3.70. The molecule has 1 aliphatic carbocycles. The summed E-state index contributed by atoms with van der Waals surface area (Å²) in [5.41, 5.74) is 1.33. The van der Waals surface area contributed by atoms with Crippen molar-refractivity contribution in [3.05, 3.63) is 23.2 Å². The van der Waals surface area contributed by atoms with Crippen LogP contribution in [-0.4, -0.2) is 26.0 Å². The molecular weight excluding hydrogens is 264 g/mol. The molecule has 0 unspecified atom stereocenters. The van der Waals surface area contributed by atoms with E-state index < -0.39 is 0 Å². The van der Waals surface area contributed by atoms with Crippen LogP contribution in [0.5, 0.6) is 0 Å². The molecule has 1 fully saturated rings. The number of rotatable bonds is 0. The van der Waals surface area contributed by atoms with Crippen LogP contribution >= 0.6 is 11.6 Å². The van der Waals surface area contributed by atoms with Crippen LogP contribution in [0.15, 0.2) is 12.3 Å². The summed E-state index contributed by atoms with van der Waals surface area (Å²) in [6, 6.07) is 1.84. The summed E-state index contributed by atoms with van der Waals surface area (Å²) in [5.74, 6) is -0.0118. The molecule has 1 aliphatic heterocycles. The Kier molecular flexibility index (Phi) is 2.18. The van der Waals surface area contributed by atoms with Crippen LogP contribution in [0.2, 0.25) is 5.28 Å². The van der Waals surface area contributed by atoms with E-state index in [0.717, 1.165) is 30.4 Å². The molecule has 0 bridgehead atoms. The monoisotopic (exact) mass is 276 g/mol. The van der Waals surface area contributed by atoms with Crippen LogP contribution < -0.4 is 5.32 Å². The van der Waals surface area contributed by atoms with Gasteiger partial charge < -0.3 is 9.88 Å². The van der Waals surface area contributed by atoms with Crippen LogP contribution in [0.25, 0.3) is 11.0 Å². The summed E-state index contributed by atoms with van der Waals surface area (Å²) in [6.07, 6.45) is 6.09. The van der Waals surface area contributed by atoms with Crippen LogP contribution in [0.1, 0.15) is 36.2 Å². The first kappa shape index (κ1) is 11.2. The minimum atomic E-state index is -0.0898. The highest BCUT2D eigenvalue weighted by Crippen LogP contribution is 2.36. The van der Waals surface area contributed by atoms with Gasteiger partial charge in [0, 0.05) is 18.1 Å². The number of nitrogens with one attached hydrogen (secondary N) is 1.